The third-order valence-electron chi connectivity index (χ3n) is 3.29. The van der Waals surface area contributed by atoms with E-state index in [1.807, 2.05) is 24.3 Å². The molecule has 20 heavy (non-hydrogen) atoms. The van der Waals surface area contributed by atoms with Gasteiger partial charge in [-0.2, -0.15) is 0 Å². The van der Waals surface area contributed by atoms with Crippen molar-refractivity contribution in [2.45, 2.75) is 6.54 Å². The second-order valence-electron chi connectivity index (χ2n) is 4.83. The molecule has 0 radical (unpaired) electrons. The van der Waals surface area contributed by atoms with Crippen molar-refractivity contribution in [2.75, 3.05) is 39.3 Å². The number of piperazine rings is 1. The normalized spacial score (nSPS) is 15.8. The number of carbonyl (C=O) groups excluding carboxylic acids is 1. The Kier molecular flexibility index (Phi) is 6.11. The molecule has 5 nitrogen and oxygen atoms in total. The van der Waals surface area contributed by atoms with Crippen LogP contribution in [0.5, 0.6) is 0 Å². The molecule has 0 unspecified atom stereocenters. The van der Waals surface area contributed by atoms with Crippen molar-refractivity contribution in [1.29, 1.82) is 0 Å². The Balaban J connectivity index is 1.59. The predicted molar refractivity (Wildman–Crippen MR) is 81.0 cm³/mol. The lowest BCUT2D eigenvalue weighted by Gasteiger charge is -2.27. The van der Waals surface area contributed by atoms with Gasteiger partial charge in [0.1, 0.15) is 0 Å². The highest BCUT2D eigenvalue weighted by atomic mass is 35.5. The third kappa shape index (κ3) is 5.36. The Morgan fingerprint density at radius 2 is 1.90 bits per heavy atom. The number of amides is 2. The van der Waals surface area contributed by atoms with Gasteiger partial charge in [-0.3, -0.25) is 4.90 Å². The fourth-order valence-electron chi connectivity index (χ4n) is 2.11. The first-order valence-corrected chi connectivity index (χ1v) is 7.31. The molecule has 0 bridgehead atoms. The minimum Gasteiger partial charge on any atom is -0.337 e. The van der Waals surface area contributed by atoms with Crippen LogP contribution in [0.3, 0.4) is 0 Å². The lowest BCUT2D eigenvalue weighted by Crippen LogP contribution is -2.47. The number of nitrogens with one attached hydrogen (secondary N) is 3. The highest BCUT2D eigenvalue weighted by Crippen LogP contribution is 2.08. The molecule has 1 heterocycles. The summed E-state index contributed by atoms with van der Waals surface area (Å²) >= 11 is 5.81. The van der Waals surface area contributed by atoms with E-state index in [4.69, 9.17) is 11.6 Å². The van der Waals surface area contributed by atoms with Crippen molar-refractivity contribution in [3.63, 3.8) is 0 Å². The third-order valence-corrected chi connectivity index (χ3v) is 3.54. The molecule has 0 aromatic heterocycles. The van der Waals surface area contributed by atoms with Crippen LogP contribution in [-0.4, -0.2) is 50.2 Å². The molecule has 1 aromatic rings. The molecule has 2 amide bonds. The molecule has 1 aliphatic heterocycles. The van der Waals surface area contributed by atoms with Crippen LogP contribution >= 0.6 is 11.6 Å². The zero-order valence-corrected chi connectivity index (χ0v) is 12.2. The monoisotopic (exact) mass is 296 g/mol. The first-order chi connectivity index (χ1) is 9.74. The van der Waals surface area contributed by atoms with Crippen LogP contribution in [0, 0.1) is 0 Å². The van der Waals surface area contributed by atoms with Crippen molar-refractivity contribution in [3.05, 3.63) is 34.9 Å². The van der Waals surface area contributed by atoms with Gasteiger partial charge in [0, 0.05) is 50.8 Å². The summed E-state index contributed by atoms with van der Waals surface area (Å²) in [6.07, 6.45) is 0. The SMILES string of the molecule is O=C(NCCN1CCNCC1)NCc1ccc(Cl)cc1. The topological polar surface area (TPSA) is 56.4 Å². The van der Waals surface area contributed by atoms with Gasteiger partial charge in [0.05, 0.1) is 0 Å². The van der Waals surface area contributed by atoms with Crippen molar-refractivity contribution in [2.24, 2.45) is 0 Å². The minimum absolute atomic E-state index is 0.130. The Morgan fingerprint density at radius 3 is 2.60 bits per heavy atom. The second-order valence-corrected chi connectivity index (χ2v) is 5.26. The van der Waals surface area contributed by atoms with E-state index < -0.39 is 0 Å². The first kappa shape index (κ1) is 15.1. The van der Waals surface area contributed by atoms with Crippen LogP contribution in [0.2, 0.25) is 5.02 Å². The van der Waals surface area contributed by atoms with E-state index in [-0.39, 0.29) is 6.03 Å². The van der Waals surface area contributed by atoms with E-state index in [1.165, 1.54) is 0 Å². The summed E-state index contributed by atoms with van der Waals surface area (Å²) in [6, 6.07) is 7.32. The molecule has 6 heteroatoms. The number of hydrogen-bond donors (Lipinski definition) is 3. The van der Waals surface area contributed by atoms with E-state index in [9.17, 15) is 4.79 Å². The second kappa shape index (κ2) is 8.09. The lowest BCUT2D eigenvalue weighted by atomic mass is 10.2. The maximum absolute atomic E-state index is 11.6. The minimum atomic E-state index is -0.130. The van der Waals surface area contributed by atoms with Crippen LogP contribution in [0.15, 0.2) is 24.3 Å². The van der Waals surface area contributed by atoms with Crippen LogP contribution in [0.25, 0.3) is 0 Å². The largest absolute Gasteiger partial charge is 0.337 e. The molecule has 1 saturated heterocycles. The average Bonchev–Trinajstić information content (AvgIpc) is 2.48. The van der Waals surface area contributed by atoms with Gasteiger partial charge in [-0.15, -0.1) is 0 Å². The van der Waals surface area contributed by atoms with Gasteiger partial charge in [0.2, 0.25) is 0 Å². The van der Waals surface area contributed by atoms with Crippen molar-refractivity contribution < 1.29 is 4.79 Å². The molecule has 1 fully saturated rings. The molecule has 2 rings (SSSR count). The molecule has 1 aromatic carbocycles. The number of urea groups is 1. The molecular weight excluding hydrogens is 276 g/mol. The summed E-state index contributed by atoms with van der Waals surface area (Å²) in [6.45, 7) is 6.24. The van der Waals surface area contributed by atoms with Gasteiger partial charge in [-0.25, -0.2) is 4.79 Å². The van der Waals surface area contributed by atoms with Gasteiger partial charge in [0.15, 0.2) is 0 Å². The van der Waals surface area contributed by atoms with Crippen LogP contribution < -0.4 is 16.0 Å². The smallest absolute Gasteiger partial charge is 0.315 e. The number of halogens is 1. The Morgan fingerprint density at radius 1 is 1.20 bits per heavy atom. The summed E-state index contributed by atoms with van der Waals surface area (Å²) in [5, 5.41) is 9.71. The number of carbonyl (C=O) groups is 1. The predicted octanol–water partition coefficient (Wildman–Crippen LogP) is 1.04. The summed E-state index contributed by atoms with van der Waals surface area (Å²) in [4.78, 5) is 14.0. The van der Waals surface area contributed by atoms with Gasteiger partial charge in [-0.05, 0) is 17.7 Å². The number of nitrogens with zero attached hydrogens (tertiary/aromatic N) is 1. The summed E-state index contributed by atoms with van der Waals surface area (Å²) in [5.41, 5.74) is 1.03. The van der Waals surface area contributed by atoms with Crippen molar-refractivity contribution >= 4 is 17.6 Å². The van der Waals surface area contributed by atoms with Crippen LogP contribution in [-0.2, 0) is 6.54 Å². The maximum Gasteiger partial charge on any atom is 0.315 e. The molecule has 0 spiro atoms. The Labute approximate surface area is 124 Å². The van der Waals surface area contributed by atoms with Crippen molar-refractivity contribution in [1.82, 2.24) is 20.9 Å². The van der Waals surface area contributed by atoms with Gasteiger partial charge < -0.3 is 16.0 Å². The fraction of sp³-hybridized carbons (Fsp3) is 0.500. The standard InChI is InChI=1S/C14H21ClN4O/c15-13-3-1-12(2-4-13)11-18-14(20)17-7-10-19-8-5-16-6-9-19/h1-4,16H,5-11H2,(H2,17,18,20). The fourth-order valence-corrected chi connectivity index (χ4v) is 2.24. The molecule has 110 valence electrons. The molecule has 0 atom stereocenters. The zero-order chi connectivity index (χ0) is 14.2. The van der Waals surface area contributed by atoms with Gasteiger partial charge >= 0.3 is 6.03 Å². The van der Waals surface area contributed by atoms with E-state index in [0.29, 0.717) is 18.1 Å². The van der Waals surface area contributed by atoms with E-state index >= 15 is 0 Å². The van der Waals surface area contributed by atoms with Gasteiger partial charge in [0.25, 0.3) is 0 Å². The lowest BCUT2D eigenvalue weighted by molar-refractivity contribution is 0.226. The van der Waals surface area contributed by atoms with Crippen molar-refractivity contribution in [3.8, 4) is 0 Å². The molecule has 1 aliphatic rings. The zero-order valence-electron chi connectivity index (χ0n) is 11.5. The van der Waals surface area contributed by atoms with E-state index in [1.54, 1.807) is 0 Å². The molecular formula is C14H21ClN4O. The molecule has 3 N–H and O–H groups in total. The van der Waals surface area contributed by atoms with Gasteiger partial charge in [-0.1, -0.05) is 23.7 Å². The Hall–Kier alpha value is -1.30. The Bertz CT molecular complexity index is 418. The number of benzene rings is 1. The van der Waals surface area contributed by atoms with Crippen LogP contribution in [0.4, 0.5) is 4.79 Å². The number of hydrogen-bond acceptors (Lipinski definition) is 3. The molecule has 0 aliphatic carbocycles. The summed E-state index contributed by atoms with van der Waals surface area (Å²) in [5.74, 6) is 0. The maximum atomic E-state index is 11.6. The first-order valence-electron chi connectivity index (χ1n) is 6.93. The highest BCUT2D eigenvalue weighted by Gasteiger charge is 2.09. The highest BCUT2D eigenvalue weighted by molar-refractivity contribution is 6.30. The number of rotatable bonds is 5. The van der Waals surface area contributed by atoms with E-state index in [0.717, 1.165) is 38.3 Å². The van der Waals surface area contributed by atoms with E-state index in [2.05, 4.69) is 20.9 Å². The quantitative estimate of drug-likeness (QED) is 0.761. The average molecular weight is 297 g/mol. The molecule has 0 saturated carbocycles. The summed E-state index contributed by atoms with van der Waals surface area (Å²) in [7, 11) is 0. The summed E-state index contributed by atoms with van der Waals surface area (Å²) < 4.78 is 0. The van der Waals surface area contributed by atoms with Crippen LogP contribution in [0.1, 0.15) is 5.56 Å².